The number of hydrogen-bond acceptors (Lipinski definition) is 6. The van der Waals surface area contributed by atoms with Gasteiger partial charge in [0.1, 0.15) is 12.4 Å². The van der Waals surface area contributed by atoms with Crippen LogP contribution < -0.4 is 14.2 Å². The van der Waals surface area contributed by atoms with Gasteiger partial charge in [-0.25, -0.2) is 0 Å². The van der Waals surface area contributed by atoms with Gasteiger partial charge in [0.25, 0.3) is 5.91 Å². The van der Waals surface area contributed by atoms with E-state index < -0.39 is 0 Å². The van der Waals surface area contributed by atoms with Gasteiger partial charge in [0.2, 0.25) is 6.79 Å². The molecule has 0 unspecified atom stereocenters. The number of pyridine rings is 1. The van der Waals surface area contributed by atoms with Crippen molar-refractivity contribution in [2.75, 3.05) is 13.3 Å². The standard InChI is InChI=1S/C21H20N4O4/c26-21(25-9-3-5-18(25)16-4-1-2-8-22-16)17-10-14(23-24-17)12-27-15-6-7-19-20(11-15)29-13-28-19/h1-2,4,6-8,10-11,18H,3,5,9,12-13H2,(H,23,24)/t18-/m1/s1. The molecule has 5 rings (SSSR count). The number of hydrogen-bond donors (Lipinski definition) is 1. The molecule has 8 heteroatoms. The van der Waals surface area contributed by atoms with E-state index in [0.29, 0.717) is 29.5 Å². The molecule has 29 heavy (non-hydrogen) atoms. The van der Waals surface area contributed by atoms with Gasteiger partial charge >= 0.3 is 0 Å². The molecule has 2 aliphatic heterocycles. The molecule has 0 spiro atoms. The molecule has 4 heterocycles. The van der Waals surface area contributed by atoms with E-state index in [-0.39, 0.29) is 25.3 Å². The molecule has 1 atom stereocenters. The molecule has 8 nitrogen and oxygen atoms in total. The molecule has 1 N–H and O–H groups in total. The number of rotatable bonds is 5. The zero-order chi connectivity index (χ0) is 19.6. The van der Waals surface area contributed by atoms with E-state index in [2.05, 4.69) is 15.2 Å². The number of ether oxygens (including phenoxy) is 3. The van der Waals surface area contributed by atoms with Crippen molar-refractivity contribution in [1.82, 2.24) is 20.1 Å². The van der Waals surface area contributed by atoms with Crippen molar-refractivity contribution in [2.24, 2.45) is 0 Å². The first-order valence-corrected chi connectivity index (χ1v) is 9.56. The molecule has 0 saturated carbocycles. The summed E-state index contributed by atoms with van der Waals surface area (Å²) in [6, 6.07) is 12.9. The fourth-order valence-electron chi connectivity index (χ4n) is 3.71. The van der Waals surface area contributed by atoms with E-state index in [1.165, 1.54) is 0 Å². The summed E-state index contributed by atoms with van der Waals surface area (Å²) in [5, 5.41) is 7.09. The SMILES string of the molecule is O=C(c1cc(COc2ccc3c(c2)OCO3)[nH]n1)N1CCC[C@@H]1c1ccccn1. The van der Waals surface area contributed by atoms with Crippen molar-refractivity contribution in [2.45, 2.75) is 25.5 Å². The Morgan fingerprint density at radius 2 is 2.14 bits per heavy atom. The number of carbonyl (C=O) groups is 1. The minimum atomic E-state index is -0.0938. The fraction of sp³-hybridized carbons (Fsp3) is 0.286. The molecule has 2 aliphatic rings. The third-order valence-corrected chi connectivity index (χ3v) is 5.13. The quantitative estimate of drug-likeness (QED) is 0.718. The number of likely N-dealkylation sites (tertiary alicyclic amines) is 1. The first-order chi connectivity index (χ1) is 14.3. The zero-order valence-electron chi connectivity index (χ0n) is 15.7. The number of aromatic amines is 1. The molecular weight excluding hydrogens is 372 g/mol. The predicted octanol–water partition coefficient (Wildman–Crippen LogP) is 3.09. The van der Waals surface area contributed by atoms with E-state index in [1.54, 1.807) is 18.3 Å². The third-order valence-electron chi connectivity index (χ3n) is 5.13. The predicted molar refractivity (Wildman–Crippen MR) is 103 cm³/mol. The lowest BCUT2D eigenvalue weighted by molar-refractivity contribution is 0.0727. The van der Waals surface area contributed by atoms with E-state index in [4.69, 9.17) is 14.2 Å². The molecule has 1 aromatic carbocycles. The summed E-state index contributed by atoms with van der Waals surface area (Å²) < 4.78 is 16.4. The summed E-state index contributed by atoms with van der Waals surface area (Å²) in [5.74, 6) is 1.94. The Morgan fingerprint density at radius 1 is 1.21 bits per heavy atom. The second kappa shape index (κ2) is 7.46. The van der Waals surface area contributed by atoms with E-state index in [1.807, 2.05) is 35.2 Å². The van der Waals surface area contributed by atoms with Crippen molar-refractivity contribution in [3.8, 4) is 17.2 Å². The Bertz CT molecular complexity index is 1020. The number of nitrogens with zero attached hydrogens (tertiary/aromatic N) is 3. The summed E-state index contributed by atoms with van der Waals surface area (Å²) in [6.45, 7) is 1.19. The van der Waals surface area contributed by atoms with Gasteiger partial charge in [-0.1, -0.05) is 6.07 Å². The van der Waals surface area contributed by atoms with Crippen molar-refractivity contribution in [3.05, 3.63) is 65.7 Å². The smallest absolute Gasteiger partial charge is 0.274 e. The Kier molecular flexibility index (Phi) is 4.51. The first-order valence-electron chi connectivity index (χ1n) is 9.56. The topological polar surface area (TPSA) is 89.6 Å². The average Bonchev–Trinajstić information content (AvgIpc) is 3.52. The highest BCUT2D eigenvalue weighted by atomic mass is 16.7. The minimum Gasteiger partial charge on any atom is -0.487 e. The molecule has 3 aromatic rings. The highest BCUT2D eigenvalue weighted by Crippen LogP contribution is 2.35. The van der Waals surface area contributed by atoms with Crippen LogP contribution in [0.1, 0.15) is 40.8 Å². The molecule has 1 fully saturated rings. The lowest BCUT2D eigenvalue weighted by Gasteiger charge is -2.23. The van der Waals surface area contributed by atoms with Crippen LogP contribution in [0, 0.1) is 0 Å². The summed E-state index contributed by atoms with van der Waals surface area (Å²) in [6.07, 6.45) is 3.63. The number of carbonyl (C=O) groups excluding carboxylic acids is 1. The van der Waals surface area contributed by atoms with Crippen LogP contribution in [0.3, 0.4) is 0 Å². The van der Waals surface area contributed by atoms with Crippen LogP contribution in [0.5, 0.6) is 17.2 Å². The highest BCUT2D eigenvalue weighted by Gasteiger charge is 2.32. The summed E-state index contributed by atoms with van der Waals surface area (Å²) >= 11 is 0. The molecule has 148 valence electrons. The molecule has 1 amide bonds. The molecule has 2 aromatic heterocycles. The van der Waals surface area contributed by atoms with Crippen LogP contribution >= 0.6 is 0 Å². The number of fused-ring (bicyclic) bond motifs is 1. The normalized spacial score (nSPS) is 17.5. The van der Waals surface area contributed by atoms with E-state index in [0.717, 1.165) is 24.2 Å². The Hall–Kier alpha value is -3.55. The van der Waals surface area contributed by atoms with Crippen molar-refractivity contribution in [3.63, 3.8) is 0 Å². The second-order valence-electron chi connectivity index (χ2n) is 6.99. The summed E-state index contributed by atoms with van der Waals surface area (Å²) in [7, 11) is 0. The minimum absolute atomic E-state index is 0.00580. The van der Waals surface area contributed by atoms with Gasteiger partial charge in [-0.2, -0.15) is 5.10 Å². The monoisotopic (exact) mass is 392 g/mol. The average molecular weight is 392 g/mol. The second-order valence-corrected chi connectivity index (χ2v) is 6.99. The number of nitrogens with one attached hydrogen (secondary N) is 1. The number of benzene rings is 1. The molecular formula is C21H20N4O4. The van der Waals surface area contributed by atoms with Gasteiger partial charge in [-0.15, -0.1) is 0 Å². The number of aromatic nitrogens is 3. The zero-order valence-corrected chi connectivity index (χ0v) is 15.7. The van der Waals surface area contributed by atoms with Crippen molar-refractivity contribution in [1.29, 1.82) is 0 Å². The maximum absolute atomic E-state index is 13.0. The summed E-state index contributed by atoms with van der Waals surface area (Å²) in [5.41, 5.74) is 2.02. The van der Waals surface area contributed by atoms with Crippen molar-refractivity contribution < 1.29 is 19.0 Å². The van der Waals surface area contributed by atoms with Gasteiger partial charge in [0.05, 0.1) is 17.4 Å². The first kappa shape index (κ1) is 17.5. The number of H-pyrrole nitrogens is 1. The van der Waals surface area contributed by atoms with Gasteiger partial charge in [-0.05, 0) is 43.2 Å². The molecule has 0 radical (unpaired) electrons. The van der Waals surface area contributed by atoms with Gasteiger partial charge in [0.15, 0.2) is 17.2 Å². The molecule has 0 bridgehead atoms. The maximum atomic E-state index is 13.0. The Balaban J connectivity index is 1.25. The van der Waals surface area contributed by atoms with Crippen LogP contribution in [0.25, 0.3) is 0 Å². The van der Waals surface area contributed by atoms with Crippen LogP contribution in [0.15, 0.2) is 48.7 Å². The van der Waals surface area contributed by atoms with Crippen LogP contribution in [-0.4, -0.2) is 39.3 Å². The van der Waals surface area contributed by atoms with Gasteiger partial charge in [-0.3, -0.25) is 14.9 Å². The van der Waals surface area contributed by atoms with Crippen LogP contribution in [-0.2, 0) is 6.61 Å². The molecule has 0 aliphatic carbocycles. The van der Waals surface area contributed by atoms with Crippen LogP contribution in [0.4, 0.5) is 0 Å². The Labute approximate surface area is 167 Å². The lowest BCUT2D eigenvalue weighted by atomic mass is 10.1. The Morgan fingerprint density at radius 3 is 3.03 bits per heavy atom. The third kappa shape index (κ3) is 3.49. The van der Waals surface area contributed by atoms with Crippen molar-refractivity contribution >= 4 is 5.91 Å². The number of amides is 1. The largest absolute Gasteiger partial charge is 0.487 e. The lowest BCUT2D eigenvalue weighted by Crippen LogP contribution is -2.31. The van der Waals surface area contributed by atoms with E-state index >= 15 is 0 Å². The maximum Gasteiger partial charge on any atom is 0.274 e. The highest BCUT2D eigenvalue weighted by molar-refractivity contribution is 5.92. The molecule has 1 saturated heterocycles. The van der Waals surface area contributed by atoms with E-state index in [9.17, 15) is 4.79 Å². The summed E-state index contributed by atoms with van der Waals surface area (Å²) in [4.78, 5) is 19.3. The van der Waals surface area contributed by atoms with Gasteiger partial charge < -0.3 is 19.1 Å². The van der Waals surface area contributed by atoms with Crippen LogP contribution in [0.2, 0.25) is 0 Å². The van der Waals surface area contributed by atoms with Gasteiger partial charge in [0, 0.05) is 18.8 Å². The fourth-order valence-corrected chi connectivity index (χ4v) is 3.71.